The summed E-state index contributed by atoms with van der Waals surface area (Å²) in [7, 11) is -3.40. The van der Waals surface area contributed by atoms with Gasteiger partial charge in [-0.3, -0.25) is 4.79 Å². The van der Waals surface area contributed by atoms with Crippen LogP contribution in [0.1, 0.15) is 24.5 Å². The van der Waals surface area contributed by atoms with Gasteiger partial charge in [0.15, 0.2) is 9.84 Å². The quantitative estimate of drug-likeness (QED) is 0.669. The van der Waals surface area contributed by atoms with E-state index in [0.717, 1.165) is 12.1 Å². The van der Waals surface area contributed by atoms with E-state index >= 15 is 0 Å². The van der Waals surface area contributed by atoms with Crippen molar-refractivity contribution in [2.45, 2.75) is 30.8 Å². The molecule has 0 aromatic heterocycles. The third-order valence-corrected chi connectivity index (χ3v) is 6.05. The van der Waals surface area contributed by atoms with Crippen molar-refractivity contribution in [3.05, 3.63) is 65.7 Å². The van der Waals surface area contributed by atoms with Crippen molar-refractivity contribution in [1.29, 1.82) is 0 Å². The summed E-state index contributed by atoms with van der Waals surface area (Å²) in [6.45, 7) is 1.80. The number of amides is 1. The molecule has 0 fully saturated rings. The van der Waals surface area contributed by atoms with Crippen LogP contribution in [-0.4, -0.2) is 26.6 Å². The minimum atomic E-state index is -4.42. The van der Waals surface area contributed by atoms with E-state index in [-0.39, 0.29) is 35.9 Å². The van der Waals surface area contributed by atoms with Crippen LogP contribution >= 0.6 is 0 Å². The summed E-state index contributed by atoms with van der Waals surface area (Å²) < 4.78 is 62.6. The number of benzene rings is 2. The van der Waals surface area contributed by atoms with Crippen LogP contribution in [0.15, 0.2) is 59.5 Å². The molecular weight excluding hydrogens is 391 g/mol. The average molecular weight is 413 g/mol. The van der Waals surface area contributed by atoms with E-state index in [0.29, 0.717) is 5.56 Å². The lowest BCUT2D eigenvalue weighted by Gasteiger charge is -2.14. The van der Waals surface area contributed by atoms with E-state index < -0.39 is 27.5 Å². The highest BCUT2D eigenvalue weighted by molar-refractivity contribution is 7.91. The molecule has 8 heteroatoms. The van der Waals surface area contributed by atoms with E-state index in [1.165, 1.54) is 18.2 Å². The Balaban J connectivity index is 1.82. The largest absolute Gasteiger partial charge is 0.416 e. The van der Waals surface area contributed by atoms with Gasteiger partial charge in [0, 0.05) is 12.5 Å². The molecular formula is C20H22F3NO3S. The molecule has 152 valence electrons. The zero-order valence-corrected chi connectivity index (χ0v) is 16.2. The van der Waals surface area contributed by atoms with Crippen molar-refractivity contribution in [1.82, 2.24) is 5.32 Å². The molecule has 0 saturated heterocycles. The van der Waals surface area contributed by atoms with E-state index in [4.69, 9.17) is 0 Å². The Kier molecular flexibility index (Phi) is 7.23. The topological polar surface area (TPSA) is 63.2 Å². The summed E-state index contributed by atoms with van der Waals surface area (Å²) in [5.41, 5.74) is -0.326. The van der Waals surface area contributed by atoms with Gasteiger partial charge in [0.05, 0.1) is 16.2 Å². The summed E-state index contributed by atoms with van der Waals surface area (Å²) in [5.74, 6) is -0.956. The Hall–Kier alpha value is -2.35. The zero-order chi connectivity index (χ0) is 20.8. The van der Waals surface area contributed by atoms with Crippen LogP contribution in [0.2, 0.25) is 0 Å². The fourth-order valence-corrected chi connectivity index (χ4v) is 4.05. The van der Waals surface area contributed by atoms with Gasteiger partial charge in [-0.1, -0.05) is 43.3 Å². The number of sulfone groups is 1. The highest BCUT2D eigenvalue weighted by atomic mass is 32.2. The Morgan fingerprint density at radius 1 is 1.07 bits per heavy atom. The molecule has 2 rings (SSSR count). The molecule has 4 nitrogen and oxygen atoms in total. The second-order valence-corrected chi connectivity index (χ2v) is 8.69. The lowest BCUT2D eigenvalue weighted by atomic mass is 9.98. The van der Waals surface area contributed by atoms with Gasteiger partial charge in [-0.15, -0.1) is 0 Å². The number of hydrogen-bond acceptors (Lipinski definition) is 3. The van der Waals surface area contributed by atoms with Crippen LogP contribution in [-0.2, 0) is 27.2 Å². The van der Waals surface area contributed by atoms with Crippen LogP contribution < -0.4 is 5.32 Å². The molecule has 0 bridgehead atoms. The molecule has 0 radical (unpaired) electrons. The zero-order valence-electron chi connectivity index (χ0n) is 15.4. The van der Waals surface area contributed by atoms with E-state index in [1.807, 2.05) is 0 Å². The lowest BCUT2D eigenvalue weighted by molar-refractivity contribution is -0.137. The highest BCUT2D eigenvalue weighted by Crippen LogP contribution is 2.30. The monoisotopic (exact) mass is 413 g/mol. The van der Waals surface area contributed by atoms with Crippen molar-refractivity contribution in [3.63, 3.8) is 0 Å². The maximum absolute atomic E-state index is 12.8. The van der Waals surface area contributed by atoms with Gasteiger partial charge in [-0.25, -0.2) is 8.42 Å². The van der Waals surface area contributed by atoms with Gasteiger partial charge >= 0.3 is 6.18 Å². The molecule has 0 aliphatic rings. The summed E-state index contributed by atoms with van der Waals surface area (Å²) >= 11 is 0. The standard InChI is InChI=1S/C20H22F3NO3S/c1-15(13-16-7-5-8-17(14-16)20(21,22)23)19(25)24-11-6-12-28(26,27)18-9-3-2-4-10-18/h2-5,7-10,14-15H,6,11-13H2,1H3,(H,24,25). The summed E-state index contributed by atoms with van der Waals surface area (Å²) in [6.07, 6.45) is -4.01. The van der Waals surface area contributed by atoms with Crippen molar-refractivity contribution in [2.75, 3.05) is 12.3 Å². The van der Waals surface area contributed by atoms with Crippen LogP contribution in [0.25, 0.3) is 0 Å². The van der Waals surface area contributed by atoms with Crippen molar-refractivity contribution >= 4 is 15.7 Å². The maximum Gasteiger partial charge on any atom is 0.416 e. The number of carbonyl (C=O) groups is 1. The molecule has 0 saturated carbocycles. The SMILES string of the molecule is CC(Cc1cccc(C(F)(F)F)c1)C(=O)NCCCS(=O)(=O)c1ccccc1. The summed E-state index contributed by atoms with van der Waals surface area (Å²) in [4.78, 5) is 12.4. The van der Waals surface area contributed by atoms with Gasteiger partial charge < -0.3 is 5.32 Å². The first-order valence-corrected chi connectivity index (χ1v) is 10.5. The number of alkyl halides is 3. The third-order valence-electron chi connectivity index (χ3n) is 4.24. The average Bonchev–Trinajstić information content (AvgIpc) is 2.65. The molecule has 1 N–H and O–H groups in total. The van der Waals surface area contributed by atoms with Crippen LogP contribution in [0, 0.1) is 5.92 Å². The molecule has 0 aliphatic carbocycles. The second kappa shape index (κ2) is 9.23. The molecule has 0 aliphatic heterocycles. The Morgan fingerprint density at radius 2 is 1.75 bits per heavy atom. The molecule has 0 heterocycles. The molecule has 1 unspecified atom stereocenters. The van der Waals surface area contributed by atoms with Crippen molar-refractivity contribution < 1.29 is 26.4 Å². The smallest absolute Gasteiger partial charge is 0.356 e. The fraction of sp³-hybridized carbons (Fsp3) is 0.350. The van der Waals surface area contributed by atoms with Gasteiger partial charge in [-0.05, 0) is 36.6 Å². The number of rotatable bonds is 8. The normalized spacial score (nSPS) is 13.1. The molecule has 0 spiro atoms. The number of halogens is 3. The molecule has 2 aromatic rings. The Labute approximate surface area is 162 Å². The molecule has 2 aromatic carbocycles. The predicted octanol–water partition coefficient (Wildman–Crippen LogP) is 3.86. The molecule has 1 atom stereocenters. The second-order valence-electron chi connectivity index (χ2n) is 6.58. The van der Waals surface area contributed by atoms with Crippen LogP contribution in [0.4, 0.5) is 13.2 Å². The fourth-order valence-electron chi connectivity index (χ4n) is 2.71. The summed E-state index contributed by atoms with van der Waals surface area (Å²) in [5, 5.41) is 2.65. The molecule has 28 heavy (non-hydrogen) atoms. The first-order chi connectivity index (χ1) is 13.1. The first kappa shape index (κ1) is 21.9. The minimum absolute atomic E-state index is 0.0979. The van der Waals surface area contributed by atoms with Crippen LogP contribution in [0.3, 0.4) is 0 Å². The highest BCUT2D eigenvalue weighted by Gasteiger charge is 2.30. The van der Waals surface area contributed by atoms with E-state index in [9.17, 15) is 26.4 Å². The Bertz CT molecular complexity index is 896. The predicted molar refractivity (Wildman–Crippen MR) is 100 cm³/mol. The number of carbonyl (C=O) groups excluding carboxylic acids is 1. The summed E-state index contributed by atoms with van der Waals surface area (Å²) in [6, 6.07) is 12.9. The van der Waals surface area contributed by atoms with Crippen molar-refractivity contribution in [2.24, 2.45) is 5.92 Å². The van der Waals surface area contributed by atoms with Crippen LogP contribution in [0.5, 0.6) is 0 Å². The first-order valence-electron chi connectivity index (χ1n) is 8.81. The minimum Gasteiger partial charge on any atom is -0.356 e. The van der Waals surface area contributed by atoms with Gasteiger partial charge in [0.25, 0.3) is 0 Å². The van der Waals surface area contributed by atoms with Gasteiger partial charge in [0.2, 0.25) is 5.91 Å². The Morgan fingerprint density at radius 3 is 2.39 bits per heavy atom. The van der Waals surface area contributed by atoms with Gasteiger partial charge in [-0.2, -0.15) is 13.2 Å². The van der Waals surface area contributed by atoms with Crippen molar-refractivity contribution in [3.8, 4) is 0 Å². The number of nitrogens with one attached hydrogen (secondary N) is 1. The maximum atomic E-state index is 12.8. The third kappa shape index (κ3) is 6.37. The van der Waals surface area contributed by atoms with E-state index in [2.05, 4.69) is 5.32 Å². The lowest BCUT2D eigenvalue weighted by Crippen LogP contribution is -2.32. The van der Waals surface area contributed by atoms with E-state index in [1.54, 1.807) is 31.2 Å². The van der Waals surface area contributed by atoms with Gasteiger partial charge in [0.1, 0.15) is 0 Å². The molecule has 1 amide bonds. The number of hydrogen-bond donors (Lipinski definition) is 1.